The van der Waals surface area contributed by atoms with Crippen LogP contribution in [0, 0.1) is 0 Å². The number of aryl methyl sites for hydroxylation is 1. The summed E-state index contributed by atoms with van der Waals surface area (Å²) in [6.07, 6.45) is 1.74. The molecule has 0 aliphatic heterocycles. The molecule has 0 fully saturated rings. The van der Waals surface area contributed by atoms with Gasteiger partial charge in [-0.25, -0.2) is 0 Å². The van der Waals surface area contributed by atoms with Gasteiger partial charge >= 0.3 is 0 Å². The average molecular weight is 255 g/mol. The number of carbonyl (C=O) groups is 2. The molecular weight excluding hydrogens is 238 g/mol. The maximum atomic E-state index is 11.6. The molecule has 0 aromatic carbocycles. The van der Waals surface area contributed by atoms with E-state index in [1.807, 2.05) is 0 Å². The first-order valence-electron chi connectivity index (χ1n) is 5.42. The second kappa shape index (κ2) is 7.46. The van der Waals surface area contributed by atoms with Crippen molar-refractivity contribution in [3.05, 3.63) is 24.0 Å². The Morgan fingerprint density at radius 3 is 2.72 bits per heavy atom. The molecule has 7 heteroatoms. The second-order valence-corrected chi connectivity index (χ2v) is 3.55. The summed E-state index contributed by atoms with van der Waals surface area (Å²) in [7, 11) is 3.29. The van der Waals surface area contributed by atoms with Gasteiger partial charge in [-0.15, -0.1) is 0 Å². The van der Waals surface area contributed by atoms with Gasteiger partial charge in [0.05, 0.1) is 13.2 Å². The molecular formula is C11H17N3O4. The van der Waals surface area contributed by atoms with Gasteiger partial charge in [-0.3, -0.25) is 20.4 Å². The molecule has 2 N–H and O–H groups in total. The van der Waals surface area contributed by atoms with Crippen LogP contribution >= 0.6 is 0 Å². The van der Waals surface area contributed by atoms with E-state index in [0.29, 0.717) is 18.9 Å². The first-order chi connectivity index (χ1) is 8.65. The van der Waals surface area contributed by atoms with Gasteiger partial charge in [-0.2, -0.15) is 0 Å². The molecule has 0 saturated heterocycles. The number of amides is 2. The largest absolute Gasteiger partial charge is 0.382 e. The molecule has 0 aliphatic rings. The predicted octanol–water partition coefficient (Wildman–Crippen LogP) is -0.551. The van der Waals surface area contributed by atoms with Crippen molar-refractivity contribution in [2.24, 2.45) is 7.05 Å². The topological polar surface area (TPSA) is 81.6 Å². The third-order valence-corrected chi connectivity index (χ3v) is 2.16. The minimum Gasteiger partial charge on any atom is -0.382 e. The number of hydrazine groups is 1. The van der Waals surface area contributed by atoms with E-state index in [9.17, 15) is 9.59 Å². The Labute approximate surface area is 105 Å². The van der Waals surface area contributed by atoms with E-state index < -0.39 is 5.91 Å². The van der Waals surface area contributed by atoms with E-state index >= 15 is 0 Å². The minimum atomic E-state index is -0.423. The molecule has 7 nitrogen and oxygen atoms in total. The van der Waals surface area contributed by atoms with Crippen LogP contribution in [-0.2, 0) is 21.3 Å². The number of hydrogen-bond donors (Lipinski definition) is 2. The highest BCUT2D eigenvalue weighted by Gasteiger charge is 2.09. The maximum absolute atomic E-state index is 11.6. The number of rotatable bonds is 6. The van der Waals surface area contributed by atoms with Gasteiger partial charge in [-0.05, 0) is 12.1 Å². The van der Waals surface area contributed by atoms with Gasteiger partial charge < -0.3 is 14.0 Å². The molecule has 2 amide bonds. The lowest BCUT2D eigenvalue weighted by atomic mass is 10.4. The Balaban J connectivity index is 2.22. The monoisotopic (exact) mass is 255 g/mol. The molecule has 0 unspecified atom stereocenters. The van der Waals surface area contributed by atoms with E-state index in [2.05, 4.69) is 10.9 Å². The van der Waals surface area contributed by atoms with Crippen LogP contribution < -0.4 is 10.9 Å². The molecule has 1 rings (SSSR count). The number of ether oxygens (including phenoxy) is 2. The van der Waals surface area contributed by atoms with Gasteiger partial charge in [0.15, 0.2) is 0 Å². The quantitative estimate of drug-likeness (QED) is 0.528. The van der Waals surface area contributed by atoms with E-state index in [1.165, 1.54) is 0 Å². The van der Waals surface area contributed by atoms with Crippen LogP contribution in [0.1, 0.15) is 10.5 Å². The normalized spacial score (nSPS) is 10.1. The third-order valence-electron chi connectivity index (χ3n) is 2.16. The van der Waals surface area contributed by atoms with Crippen molar-refractivity contribution in [3.8, 4) is 0 Å². The van der Waals surface area contributed by atoms with E-state index in [4.69, 9.17) is 9.47 Å². The molecule has 0 saturated carbocycles. The summed E-state index contributed by atoms with van der Waals surface area (Å²) in [5.41, 5.74) is 5.01. The van der Waals surface area contributed by atoms with Crippen LogP contribution in [-0.4, -0.2) is 43.3 Å². The maximum Gasteiger partial charge on any atom is 0.286 e. The van der Waals surface area contributed by atoms with Crippen LogP contribution in [0.2, 0.25) is 0 Å². The van der Waals surface area contributed by atoms with Gasteiger partial charge in [0.25, 0.3) is 11.8 Å². The zero-order valence-corrected chi connectivity index (χ0v) is 10.4. The van der Waals surface area contributed by atoms with Crippen molar-refractivity contribution in [1.29, 1.82) is 0 Å². The summed E-state index contributed by atoms with van der Waals surface area (Å²) in [4.78, 5) is 22.9. The SMILES string of the molecule is COCCOCC(=O)NNC(=O)c1cccn1C. The fourth-order valence-corrected chi connectivity index (χ4v) is 1.23. The average Bonchev–Trinajstić information content (AvgIpc) is 2.78. The van der Waals surface area contributed by atoms with Crippen LogP contribution in [0.15, 0.2) is 18.3 Å². The minimum absolute atomic E-state index is 0.128. The number of carbonyl (C=O) groups excluding carboxylic acids is 2. The number of nitrogens with zero attached hydrogens (tertiary/aromatic N) is 1. The molecule has 1 aromatic rings. The molecule has 18 heavy (non-hydrogen) atoms. The predicted molar refractivity (Wildman–Crippen MR) is 63.7 cm³/mol. The summed E-state index contributed by atoms with van der Waals surface area (Å²) in [6.45, 7) is 0.620. The number of methoxy groups -OCH3 is 1. The highest BCUT2D eigenvalue weighted by Crippen LogP contribution is 1.97. The Morgan fingerprint density at radius 1 is 1.33 bits per heavy atom. The van der Waals surface area contributed by atoms with Crippen molar-refractivity contribution in [2.75, 3.05) is 26.9 Å². The van der Waals surface area contributed by atoms with Gasteiger partial charge in [0.1, 0.15) is 12.3 Å². The zero-order chi connectivity index (χ0) is 13.4. The number of aromatic nitrogens is 1. The zero-order valence-electron chi connectivity index (χ0n) is 10.4. The third kappa shape index (κ3) is 4.56. The van der Waals surface area contributed by atoms with Crippen LogP contribution in [0.25, 0.3) is 0 Å². The smallest absolute Gasteiger partial charge is 0.286 e. The van der Waals surface area contributed by atoms with Crippen molar-refractivity contribution in [3.63, 3.8) is 0 Å². The summed E-state index contributed by atoms with van der Waals surface area (Å²) in [5, 5.41) is 0. The summed E-state index contributed by atoms with van der Waals surface area (Å²) in [6, 6.07) is 3.39. The standard InChI is InChI=1S/C11H17N3O4/c1-14-5-3-4-9(14)11(16)13-12-10(15)8-18-7-6-17-2/h3-5H,6-8H2,1-2H3,(H,12,15)(H,13,16). The first-order valence-corrected chi connectivity index (χ1v) is 5.42. The first kappa shape index (κ1) is 14.2. The molecule has 0 atom stereocenters. The molecule has 1 heterocycles. The molecule has 1 aromatic heterocycles. The lowest BCUT2D eigenvalue weighted by molar-refractivity contribution is -0.126. The van der Waals surface area contributed by atoms with Crippen molar-refractivity contribution < 1.29 is 19.1 Å². The lowest BCUT2D eigenvalue weighted by Crippen LogP contribution is -2.44. The van der Waals surface area contributed by atoms with Crippen LogP contribution in [0.3, 0.4) is 0 Å². The Bertz CT molecular complexity index is 403. The fourth-order valence-electron chi connectivity index (χ4n) is 1.23. The highest BCUT2D eigenvalue weighted by atomic mass is 16.5. The van der Waals surface area contributed by atoms with E-state index in [-0.39, 0.29) is 12.5 Å². The fraction of sp³-hybridized carbons (Fsp3) is 0.455. The van der Waals surface area contributed by atoms with Crippen LogP contribution in [0.4, 0.5) is 0 Å². The number of nitrogens with one attached hydrogen (secondary N) is 2. The summed E-state index contributed by atoms with van der Waals surface area (Å²) in [5.74, 6) is -0.804. The Hall–Kier alpha value is -1.86. The Kier molecular flexibility index (Phi) is 5.89. The second-order valence-electron chi connectivity index (χ2n) is 3.55. The molecule has 0 spiro atoms. The molecule has 100 valence electrons. The number of hydrogen-bond acceptors (Lipinski definition) is 4. The van der Waals surface area contributed by atoms with Gasteiger partial charge in [-0.1, -0.05) is 0 Å². The lowest BCUT2D eigenvalue weighted by Gasteiger charge is -2.08. The van der Waals surface area contributed by atoms with E-state index in [0.717, 1.165) is 0 Å². The summed E-state index contributed by atoms with van der Waals surface area (Å²) >= 11 is 0. The van der Waals surface area contributed by atoms with Crippen molar-refractivity contribution in [2.45, 2.75) is 0 Å². The van der Waals surface area contributed by atoms with Crippen molar-refractivity contribution in [1.82, 2.24) is 15.4 Å². The Morgan fingerprint density at radius 2 is 2.11 bits per heavy atom. The van der Waals surface area contributed by atoms with Gasteiger partial charge in [0.2, 0.25) is 0 Å². The van der Waals surface area contributed by atoms with E-state index in [1.54, 1.807) is 37.1 Å². The molecule has 0 radical (unpaired) electrons. The highest BCUT2D eigenvalue weighted by molar-refractivity contribution is 5.94. The molecule has 0 bridgehead atoms. The molecule has 0 aliphatic carbocycles. The summed E-state index contributed by atoms with van der Waals surface area (Å²) < 4.78 is 11.4. The van der Waals surface area contributed by atoms with Crippen LogP contribution in [0.5, 0.6) is 0 Å². The van der Waals surface area contributed by atoms with Crippen molar-refractivity contribution >= 4 is 11.8 Å². The van der Waals surface area contributed by atoms with Gasteiger partial charge in [0, 0.05) is 20.4 Å².